The standard InChI is InChI=1S/C24H32N2O.C2H2O4/c27-24(18-25-23-16-10-2-1-3-11-17-23)26(19-21-12-6-4-7-13-21)20-22-14-8-5-9-15-22;3-1(4)2(5)6/h4-9,12-15,23,25H,1-3,10-11,16-20H2;(H,3,4)(H,5,6). The van der Waals surface area contributed by atoms with Crippen LogP contribution in [0.3, 0.4) is 0 Å². The lowest BCUT2D eigenvalue weighted by Crippen LogP contribution is -2.41. The van der Waals surface area contributed by atoms with Gasteiger partial charge in [-0.25, -0.2) is 9.59 Å². The molecule has 33 heavy (non-hydrogen) atoms. The largest absolute Gasteiger partial charge is 0.473 e. The van der Waals surface area contributed by atoms with E-state index >= 15 is 0 Å². The summed E-state index contributed by atoms with van der Waals surface area (Å²) < 4.78 is 0. The second-order valence-corrected chi connectivity index (χ2v) is 8.25. The van der Waals surface area contributed by atoms with Gasteiger partial charge in [0.15, 0.2) is 0 Å². The smallest absolute Gasteiger partial charge is 0.414 e. The molecule has 1 aliphatic rings. The monoisotopic (exact) mass is 454 g/mol. The van der Waals surface area contributed by atoms with Gasteiger partial charge >= 0.3 is 11.9 Å². The zero-order valence-corrected chi connectivity index (χ0v) is 19.0. The summed E-state index contributed by atoms with van der Waals surface area (Å²) in [6.07, 6.45) is 9.00. The number of carbonyl (C=O) groups excluding carboxylic acids is 1. The van der Waals surface area contributed by atoms with E-state index in [0.29, 0.717) is 25.7 Å². The van der Waals surface area contributed by atoms with Crippen LogP contribution in [0.2, 0.25) is 0 Å². The van der Waals surface area contributed by atoms with E-state index in [2.05, 4.69) is 29.6 Å². The summed E-state index contributed by atoms with van der Waals surface area (Å²) in [5, 5.41) is 18.3. The Bertz CT molecular complexity index is 796. The van der Waals surface area contributed by atoms with Gasteiger partial charge in [0.05, 0.1) is 6.54 Å². The highest BCUT2D eigenvalue weighted by atomic mass is 16.4. The first-order chi connectivity index (χ1) is 16.0. The molecule has 0 aromatic heterocycles. The van der Waals surface area contributed by atoms with Crippen molar-refractivity contribution in [2.75, 3.05) is 6.54 Å². The van der Waals surface area contributed by atoms with E-state index in [1.165, 1.54) is 56.1 Å². The third-order valence-electron chi connectivity index (χ3n) is 5.62. The van der Waals surface area contributed by atoms with E-state index < -0.39 is 11.9 Å². The number of hydrogen-bond acceptors (Lipinski definition) is 4. The van der Waals surface area contributed by atoms with Gasteiger partial charge in [-0.2, -0.15) is 0 Å². The minimum absolute atomic E-state index is 0.185. The number of nitrogens with zero attached hydrogens (tertiary/aromatic N) is 1. The highest BCUT2D eigenvalue weighted by Crippen LogP contribution is 2.17. The number of hydrogen-bond donors (Lipinski definition) is 3. The fraction of sp³-hybridized carbons (Fsp3) is 0.423. The first kappa shape index (κ1) is 26.1. The van der Waals surface area contributed by atoms with E-state index in [4.69, 9.17) is 19.8 Å². The van der Waals surface area contributed by atoms with Crippen molar-refractivity contribution in [3.8, 4) is 0 Å². The SMILES string of the molecule is O=C(CNC1CCCCCCC1)N(Cc1ccccc1)Cc1ccccc1.O=C(O)C(=O)O. The molecule has 0 saturated heterocycles. The van der Waals surface area contributed by atoms with Gasteiger partial charge in [-0.3, -0.25) is 4.79 Å². The van der Waals surface area contributed by atoms with Gasteiger partial charge in [0.2, 0.25) is 5.91 Å². The molecule has 7 nitrogen and oxygen atoms in total. The Morgan fingerprint density at radius 2 is 1.15 bits per heavy atom. The van der Waals surface area contributed by atoms with E-state index in [9.17, 15) is 4.79 Å². The maximum absolute atomic E-state index is 13.0. The molecule has 178 valence electrons. The Morgan fingerprint density at radius 3 is 1.58 bits per heavy atom. The molecule has 7 heteroatoms. The van der Waals surface area contributed by atoms with Crippen molar-refractivity contribution in [2.45, 2.75) is 64.1 Å². The first-order valence-electron chi connectivity index (χ1n) is 11.5. The summed E-state index contributed by atoms with van der Waals surface area (Å²) in [7, 11) is 0. The van der Waals surface area contributed by atoms with Gasteiger partial charge < -0.3 is 20.4 Å². The number of carboxylic acids is 2. The Balaban J connectivity index is 0.000000569. The minimum Gasteiger partial charge on any atom is -0.473 e. The third kappa shape index (κ3) is 10.8. The molecule has 3 N–H and O–H groups in total. The molecule has 0 spiro atoms. The quantitative estimate of drug-likeness (QED) is 0.545. The Labute approximate surface area is 195 Å². The maximum atomic E-state index is 13.0. The highest BCUT2D eigenvalue weighted by molar-refractivity contribution is 6.27. The summed E-state index contributed by atoms with van der Waals surface area (Å²) in [5.41, 5.74) is 2.35. The van der Waals surface area contributed by atoms with Crippen LogP contribution in [0.5, 0.6) is 0 Å². The van der Waals surface area contributed by atoms with Crippen LogP contribution >= 0.6 is 0 Å². The van der Waals surface area contributed by atoms with E-state index in [1.54, 1.807) is 0 Å². The minimum atomic E-state index is -1.82. The van der Waals surface area contributed by atoms with Crippen LogP contribution < -0.4 is 5.32 Å². The first-order valence-corrected chi connectivity index (χ1v) is 11.5. The summed E-state index contributed by atoms with van der Waals surface area (Å²) in [6.45, 7) is 1.74. The van der Waals surface area contributed by atoms with Crippen LogP contribution in [0.15, 0.2) is 60.7 Å². The molecule has 0 aliphatic heterocycles. The predicted molar refractivity (Wildman–Crippen MR) is 127 cm³/mol. The number of nitrogens with one attached hydrogen (secondary N) is 1. The molecule has 0 heterocycles. The lowest BCUT2D eigenvalue weighted by atomic mass is 9.97. The average Bonchev–Trinajstić information content (AvgIpc) is 2.79. The number of rotatable bonds is 7. The molecule has 0 radical (unpaired) electrons. The maximum Gasteiger partial charge on any atom is 0.414 e. The molecule has 0 unspecified atom stereocenters. The van der Waals surface area contributed by atoms with Crippen LogP contribution in [0, 0.1) is 0 Å². The van der Waals surface area contributed by atoms with Crippen molar-refractivity contribution in [1.29, 1.82) is 0 Å². The van der Waals surface area contributed by atoms with Gasteiger partial charge in [0.1, 0.15) is 0 Å². The van der Waals surface area contributed by atoms with Gasteiger partial charge in [-0.1, -0.05) is 92.8 Å². The Kier molecular flexibility index (Phi) is 11.7. The number of aliphatic carboxylic acids is 2. The topological polar surface area (TPSA) is 107 Å². The van der Waals surface area contributed by atoms with Crippen LogP contribution in [0.1, 0.15) is 56.1 Å². The second kappa shape index (κ2) is 14.8. The molecule has 3 rings (SSSR count). The van der Waals surface area contributed by atoms with Gasteiger partial charge in [-0.05, 0) is 24.0 Å². The third-order valence-corrected chi connectivity index (χ3v) is 5.62. The summed E-state index contributed by atoms with van der Waals surface area (Å²) >= 11 is 0. The molecule has 1 aliphatic carbocycles. The number of carboxylic acid groups (broad SMARTS) is 2. The molecule has 0 atom stereocenters. The van der Waals surface area contributed by atoms with E-state index in [0.717, 1.165) is 0 Å². The van der Waals surface area contributed by atoms with Crippen molar-refractivity contribution in [3.63, 3.8) is 0 Å². The Morgan fingerprint density at radius 1 is 0.727 bits per heavy atom. The Hall–Kier alpha value is -3.19. The second-order valence-electron chi connectivity index (χ2n) is 8.25. The highest BCUT2D eigenvalue weighted by Gasteiger charge is 2.17. The zero-order chi connectivity index (χ0) is 23.9. The lowest BCUT2D eigenvalue weighted by molar-refractivity contribution is -0.159. The summed E-state index contributed by atoms with van der Waals surface area (Å²) in [4.78, 5) is 33.2. The lowest BCUT2D eigenvalue weighted by Gasteiger charge is -2.26. The van der Waals surface area contributed by atoms with Crippen LogP contribution in [-0.4, -0.2) is 45.5 Å². The molecule has 1 amide bonds. The number of benzene rings is 2. The molecule has 2 aromatic rings. The van der Waals surface area contributed by atoms with Crippen molar-refractivity contribution >= 4 is 17.8 Å². The van der Waals surface area contributed by atoms with Crippen LogP contribution in [-0.2, 0) is 27.5 Å². The molecular weight excluding hydrogens is 420 g/mol. The predicted octanol–water partition coefficient (Wildman–Crippen LogP) is 4.07. The van der Waals surface area contributed by atoms with Crippen molar-refractivity contribution < 1.29 is 24.6 Å². The molecule has 2 aromatic carbocycles. The van der Waals surface area contributed by atoms with Crippen molar-refractivity contribution in [1.82, 2.24) is 10.2 Å². The fourth-order valence-corrected chi connectivity index (χ4v) is 3.84. The van der Waals surface area contributed by atoms with Crippen molar-refractivity contribution in [2.24, 2.45) is 0 Å². The van der Waals surface area contributed by atoms with Gasteiger partial charge in [0.25, 0.3) is 0 Å². The van der Waals surface area contributed by atoms with E-state index in [-0.39, 0.29) is 5.91 Å². The van der Waals surface area contributed by atoms with Gasteiger partial charge in [0, 0.05) is 19.1 Å². The summed E-state index contributed by atoms with van der Waals surface area (Å²) in [5.74, 6) is -3.46. The van der Waals surface area contributed by atoms with Crippen LogP contribution in [0.4, 0.5) is 0 Å². The summed E-state index contributed by atoms with van der Waals surface area (Å²) in [6, 6.07) is 21.0. The zero-order valence-electron chi connectivity index (χ0n) is 19.0. The molecule has 1 saturated carbocycles. The van der Waals surface area contributed by atoms with Crippen LogP contribution in [0.25, 0.3) is 0 Å². The van der Waals surface area contributed by atoms with E-state index in [1.807, 2.05) is 41.3 Å². The molecule has 0 bridgehead atoms. The molecule has 1 fully saturated rings. The number of amides is 1. The van der Waals surface area contributed by atoms with Crippen molar-refractivity contribution in [3.05, 3.63) is 71.8 Å². The average molecular weight is 455 g/mol. The molecular formula is C26H34N2O5. The fourth-order valence-electron chi connectivity index (χ4n) is 3.84. The normalized spacial score (nSPS) is 14.2. The van der Waals surface area contributed by atoms with Gasteiger partial charge in [-0.15, -0.1) is 0 Å². The number of carbonyl (C=O) groups is 3.